The fourth-order valence-corrected chi connectivity index (χ4v) is 1.13. The average molecular weight is 233 g/mol. The monoisotopic (exact) mass is 233 g/mol. The molecule has 0 aliphatic carbocycles. The van der Waals surface area contributed by atoms with Gasteiger partial charge >= 0.3 is 5.97 Å². The molecule has 0 aliphatic heterocycles. The molecule has 88 valence electrons. The molecule has 0 saturated carbocycles. The Kier molecular flexibility index (Phi) is 4.20. The van der Waals surface area contributed by atoms with Crippen LogP contribution in [0.4, 0.5) is 5.69 Å². The predicted molar refractivity (Wildman–Crippen MR) is 60.0 cm³/mol. The molecule has 0 aromatic heterocycles. The Hall–Kier alpha value is -2.39. The smallest absolute Gasteiger partial charge is 0.321 e. The van der Waals surface area contributed by atoms with Crippen LogP contribution in [-0.2, 0) is 9.59 Å². The second kappa shape index (κ2) is 5.63. The largest absolute Gasteiger partial charge is 0.480 e. The number of benzene rings is 1. The van der Waals surface area contributed by atoms with E-state index in [-0.39, 0.29) is 6.42 Å². The number of hydrogen-bond donors (Lipinski definition) is 3. The van der Waals surface area contributed by atoms with E-state index in [9.17, 15) is 9.59 Å². The highest BCUT2D eigenvalue weighted by atomic mass is 16.4. The molecule has 1 rings (SSSR count). The van der Waals surface area contributed by atoms with Crippen LogP contribution in [0.2, 0.25) is 0 Å². The van der Waals surface area contributed by atoms with Crippen molar-refractivity contribution in [2.75, 3.05) is 5.32 Å². The van der Waals surface area contributed by atoms with Gasteiger partial charge in [0.2, 0.25) is 5.91 Å². The van der Waals surface area contributed by atoms with Crippen molar-refractivity contribution < 1.29 is 14.7 Å². The Balaban J connectivity index is 2.56. The molecular formula is C11H11N3O3. The van der Waals surface area contributed by atoms with Crippen molar-refractivity contribution in [1.82, 2.24) is 0 Å². The van der Waals surface area contributed by atoms with Crippen LogP contribution in [0.5, 0.6) is 0 Å². The molecule has 0 radical (unpaired) electrons. The minimum atomic E-state index is -1.22. The van der Waals surface area contributed by atoms with Crippen molar-refractivity contribution in [2.45, 2.75) is 12.5 Å². The summed E-state index contributed by atoms with van der Waals surface area (Å²) in [6, 6.07) is 6.94. The van der Waals surface area contributed by atoms with Gasteiger partial charge in [-0.3, -0.25) is 9.59 Å². The minimum absolute atomic E-state index is 0.296. The number of amides is 1. The van der Waals surface area contributed by atoms with Gasteiger partial charge in [0.25, 0.3) is 0 Å². The third kappa shape index (κ3) is 3.93. The summed E-state index contributed by atoms with van der Waals surface area (Å²) in [6.45, 7) is 0. The molecule has 0 fully saturated rings. The number of nitrogens with two attached hydrogens (primary N) is 1. The number of anilines is 1. The van der Waals surface area contributed by atoms with E-state index in [1.165, 1.54) is 0 Å². The Labute approximate surface area is 97.7 Å². The normalized spacial score (nSPS) is 11.3. The first-order valence-corrected chi connectivity index (χ1v) is 4.81. The van der Waals surface area contributed by atoms with Gasteiger partial charge in [-0.15, -0.1) is 0 Å². The number of carbonyl (C=O) groups is 2. The van der Waals surface area contributed by atoms with Gasteiger partial charge in [-0.25, -0.2) is 0 Å². The van der Waals surface area contributed by atoms with Crippen LogP contribution in [0, 0.1) is 11.3 Å². The summed E-state index contributed by atoms with van der Waals surface area (Å²) < 4.78 is 0. The van der Waals surface area contributed by atoms with E-state index in [0.717, 1.165) is 0 Å². The number of nitrogens with zero attached hydrogens (tertiary/aromatic N) is 1. The third-order valence-electron chi connectivity index (χ3n) is 2.02. The lowest BCUT2D eigenvalue weighted by molar-refractivity contribution is -0.140. The molecule has 1 atom stereocenters. The molecule has 17 heavy (non-hydrogen) atoms. The second-order valence-corrected chi connectivity index (χ2v) is 3.39. The summed E-state index contributed by atoms with van der Waals surface area (Å²) >= 11 is 0. The fourth-order valence-electron chi connectivity index (χ4n) is 1.13. The first kappa shape index (κ1) is 12.7. The number of nitriles is 1. The Morgan fingerprint density at radius 3 is 2.47 bits per heavy atom. The lowest BCUT2D eigenvalue weighted by atomic mass is 10.2. The fraction of sp³-hybridized carbons (Fsp3) is 0.182. The van der Waals surface area contributed by atoms with Gasteiger partial charge in [0.15, 0.2) is 0 Å². The van der Waals surface area contributed by atoms with Gasteiger partial charge in [0.1, 0.15) is 6.04 Å². The number of carboxylic acids is 1. The third-order valence-corrected chi connectivity index (χ3v) is 2.02. The topological polar surface area (TPSA) is 116 Å². The zero-order valence-corrected chi connectivity index (χ0v) is 8.88. The molecule has 1 amide bonds. The van der Waals surface area contributed by atoms with Crippen LogP contribution in [0.3, 0.4) is 0 Å². The highest BCUT2D eigenvalue weighted by Crippen LogP contribution is 2.09. The molecule has 6 nitrogen and oxygen atoms in total. The molecule has 1 aromatic rings. The van der Waals surface area contributed by atoms with Crippen molar-refractivity contribution in [3.05, 3.63) is 29.8 Å². The molecule has 0 spiro atoms. The van der Waals surface area contributed by atoms with E-state index in [1.807, 2.05) is 6.07 Å². The SMILES string of the molecule is N#Cc1ccc(NC(=O)CC(N)C(=O)O)cc1. The van der Waals surface area contributed by atoms with E-state index >= 15 is 0 Å². The van der Waals surface area contributed by atoms with Gasteiger partial charge in [0.05, 0.1) is 18.1 Å². The van der Waals surface area contributed by atoms with Crippen LogP contribution in [0.15, 0.2) is 24.3 Å². The molecule has 0 heterocycles. The molecule has 6 heteroatoms. The maximum Gasteiger partial charge on any atom is 0.321 e. The first-order chi connectivity index (χ1) is 8.02. The van der Waals surface area contributed by atoms with Crippen molar-refractivity contribution in [3.8, 4) is 6.07 Å². The van der Waals surface area contributed by atoms with Crippen LogP contribution in [0.1, 0.15) is 12.0 Å². The maximum atomic E-state index is 11.4. The van der Waals surface area contributed by atoms with Gasteiger partial charge in [-0.05, 0) is 24.3 Å². The summed E-state index contributed by atoms with van der Waals surface area (Å²) in [5.74, 6) is -1.70. The summed E-state index contributed by atoms with van der Waals surface area (Å²) in [4.78, 5) is 21.8. The van der Waals surface area contributed by atoms with E-state index in [1.54, 1.807) is 24.3 Å². The lowest BCUT2D eigenvalue weighted by Crippen LogP contribution is -2.34. The lowest BCUT2D eigenvalue weighted by Gasteiger charge is -2.07. The van der Waals surface area contributed by atoms with Crippen molar-refractivity contribution in [1.29, 1.82) is 5.26 Å². The second-order valence-electron chi connectivity index (χ2n) is 3.39. The Morgan fingerprint density at radius 1 is 1.41 bits per heavy atom. The number of carboxylic acid groups (broad SMARTS) is 1. The Morgan fingerprint density at radius 2 is 2.00 bits per heavy atom. The van der Waals surface area contributed by atoms with E-state index < -0.39 is 17.9 Å². The number of nitrogens with one attached hydrogen (secondary N) is 1. The molecule has 1 unspecified atom stereocenters. The zero-order chi connectivity index (χ0) is 12.8. The maximum absolute atomic E-state index is 11.4. The van der Waals surface area contributed by atoms with Crippen LogP contribution in [0.25, 0.3) is 0 Å². The number of hydrogen-bond acceptors (Lipinski definition) is 4. The van der Waals surface area contributed by atoms with Crippen molar-refractivity contribution >= 4 is 17.6 Å². The molecule has 0 bridgehead atoms. The van der Waals surface area contributed by atoms with Gasteiger partial charge in [0, 0.05) is 5.69 Å². The standard InChI is InChI=1S/C11H11N3O3/c12-6-7-1-3-8(4-2-7)14-10(15)5-9(13)11(16)17/h1-4,9H,5,13H2,(H,14,15)(H,16,17). The molecular weight excluding hydrogens is 222 g/mol. The first-order valence-electron chi connectivity index (χ1n) is 4.81. The Bertz CT molecular complexity index is 462. The predicted octanol–water partition coefficient (Wildman–Crippen LogP) is 0.299. The summed E-state index contributed by atoms with van der Waals surface area (Å²) in [7, 11) is 0. The summed E-state index contributed by atoms with van der Waals surface area (Å²) in [6.07, 6.45) is -0.296. The van der Waals surface area contributed by atoms with Crippen LogP contribution in [-0.4, -0.2) is 23.0 Å². The van der Waals surface area contributed by atoms with Crippen molar-refractivity contribution in [3.63, 3.8) is 0 Å². The number of aliphatic carboxylic acids is 1. The van der Waals surface area contributed by atoms with Crippen LogP contribution >= 0.6 is 0 Å². The van der Waals surface area contributed by atoms with Crippen molar-refractivity contribution in [2.24, 2.45) is 5.73 Å². The average Bonchev–Trinajstić information content (AvgIpc) is 2.29. The minimum Gasteiger partial charge on any atom is -0.480 e. The molecule has 4 N–H and O–H groups in total. The zero-order valence-electron chi connectivity index (χ0n) is 8.88. The van der Waals surface area contributed by atoms with Gasteiger partial charge in [-0.2, -0.15) is 5.26 Å². The number of rotatable bonds is 4. The molecule has 1 aromatic carbocycles. The van der Waals surface area contributed by atoms with Crippen LogP contribution < -0.4 is 11.1 Å². The van der Waals surface area contributed by atoms with Gasteiger partial charge in [-0.1, -0.05) is 0 Å². The van der Waals surface area contributed by atoms with E-state index in [2.05, 4.69) is 5.32 Å². The van der Waals surface area contributed by atoms with E-state index in [0.29, 0.717) is 11.3 Å². The quantitative estimate of drug-likeness (QED) is 0.691. The highest BCUT2D eigenvalue weighted by molar-refractivity contribution is 5.93. The summed E-state index contributed by atoms with van der Waals surface area (Å²) in [5.41, 5.74) is 6.18. The highest BCUT2D eigenvalue weighted by Gasteiger charge is 2.16. The van der Waals surface area contributed by atoms with E-state index in [4.69, 9.17) is 16.1 Å². The molecule has 0 aliphatic rings. The molecule has 0 saturated heterocycles. The van der Waals surface area contributed by atoms with Gasteiger partial charge < -0.3 is 16.2 Å². The summed E-state index contributed by atoms with van der Waals surface area (Å²) in [5, 5.41) is 19.6. The number of carbonyl (C=O) groups excluding carboxylic acids is 1.